The van der Waals surface area contributed by atoms with Crippen molar-refractivity contribution in [2.24, 2.45) is 0 Å². The average Bonchev–Trinajstić information content (AvgIpc) is 2.77. The van der Waals surface area contributed by atoms with Crippen LogP contribution in [0, 0.1) is 19.7 Å². The second kappa shape index (κ2) is 8.40. The number of phenolic OH excluding ortho intramolecular Hbond substituents is 1. The van der Waals surface area contributed by atoms with Gasteiger partial charge in [0.15, 0.2) is 11.6 Å². The molecule has 0 atom stereocenters. The Hall–Kier alpha value is -3.99. The molecule has 5 heteroatoms. The van der Waals surface area contributed by atoms with Crippen molar-refractivity contribution in [1.82, 2.24) is 4.98 Å². The summed E-state index contributed by atoms with van der Waals surface area (Å²) < 4.78 is 19.1. The van der Waals surface area contributed by atoms with Gasteiger partial charge in [-0.3, -0.25) is 4.98 Å². The molecule has 4 nitrogen and oxygen atoms in total. The monoisotopic (exact) mass is 413 g/mol. The maximum atomic E-state index is 13.9. The molecular weight excluding hydrogens is 393 g/mol. The van der Waals surface area contributed by atoms with Crippen molar-refractivity contribution in [2.45, 2.75) is 13.8 Å². The van der Waals surface area contributed by atoms with Crippen LogP contribution >= 0.6 is 0 Å². The van der Waals surface area contributed by atoms with Gasteiger partial charge in [0.1, 0.15) is 5.75 Å². The molecule has 0 radical (unpaired) electrons. The molecular formula is C26H20FNO3. The minimum Gasteiger partial charge on any atom is -0.507 e. The first-order valence-corrected chi connectivity index (χ1v) is 9.76. The first-order chi connectivity index (χ1) is 14.9. The molecule has 3 aromatic carbocycles. The Morgan fingerprint density at radius 3 is 2.48 bits per heavy atom. The molecule has 0 spiro atoms. The second-order valence-electron chi connectivity index (χ2n) is 7.29. The molecule has 0 amide bonds. The van der Waals surface area contributed by atoms with E-state index in [1.165, 1.54) is 18.2 Å². The Balaban J connectivity index is 1.73. The highest BCUT2D eigenvalue weighted by Gasteiger charge is 2.14. The number of phenols is 1. The molecule has 4 aromatic rings. The molecule has 1 N–H and O–H groups in total. The lowest BCUT2D eigenvalue weighted by Crippen LogP contribution is -2.10. The molecule has 1 aromatic heterocycles. The van der Waals surface area contributed by atoms with Gasteiger partial charge in [-0.1, -0.05) is 30.4 Å². The van der Waals surface area contributed by atoms with Crippen LogP contribution in [-0.4, -0.2) is 16.1 Å². The van der Waals surface area contributed by atoms with Crippen LogP contribution in [0.5, 0.6) is 11.5 Å². The number of hydrogen-bond acceptors (Lipinski definition) is 4. The molecule has 0 aliphatic rings. The van der Waals surface area contributed by atoms with E-state index >= 15 is 0 Å². The normalized spacial score (nSPS) is 11.2. The van der Waals surface area contributed by atoms with Gasteiger partial charge < -0.3 is 9.84 Å². The number of carbonyl (C=O) groups is 1. The van der Waals surface area contributed by atoms with E-state index in [2.05, 4.69) is 4.98 Å². The number of benzene rings is 3. The maximum Gasteiger partial charge on any atom is 0.343 e. The summed E-state index contributed by atoms with van der Waals surface area (Å²) in [5.74, 6) is -1.11. The highest BCUT2D eigenvalue weighted by atomic mass is 19.1. The lowest BCUT2D eigenvalue weighted by atomic mass is 10.0. The smallest absolute Gasteiger partial charge is 0.343 e. The number of aryl methyl sites for hydroxylation is 2. The van der Waals surface area contributed by atoms with E-state index in [-0.39, 0.29) is 17.1 Å². The van der Waals surface area contributed by atoms with Crippen molar-refractivity contribution >= 4 is 29.0 Å². The second-order valence-corrected chi connectivity index (χ2v) is 7.29. The molecule has 0 saturated carbocycles. The summed E-state index contributed by atoms with van der Waals surface area (Å²) in [6.45, 7) is 3.69. The number of carbonyl (C=O) groups excluding carboxylic acids is 1. The first-order valence-electron chi connectivity index (χ1n) is 9.76. The fourth-order valence-electron chi connectivity index (χ4n) is 3.42. The van der Waals surface area contributed by atoms with Crippen molar-refractivity contribution in [3.8, 4) is 11.5 Å². The molecule has 0 bridgehead atoms. The predicted molar refractivity (Wildman–Crippen MR) is 120 cm³/mol. The fraction of sp³-hybridized carbons (Fsp3) is 0.0769. The van der Waals surface area contributed by atoms with E-state index in [4.69, 9.17) is 4.74 Å². The van der Waals surface area contributed by atoms with Crippen LogP contribution in [-0.2, 0) is 0 Å². The molecule has 4 rings (SSSR count). The van der Waals surface area contributed by atoms with Gasteiger partial charge in [-0.25, -0.2) is 9.18 Å². The highest BCUT2D eigenvalue weighted by Crippen LogP contribution is 2.26. The zero-order chi connectivity index (χ0) is 22.0. The zero-order valence-corrected chi connectivity index (χ0v) is 17.1. The topological polar surface area (TPSA) is 59.4 Å². The molecule has 0 fully saturated rings. The number of hydrogen-bond donors (Lipinski definition) is 1. The van der Waals surface area contributed by atoms with Gasteiger partial charge in [-0.15, -0.1) is 0 Å². The summed E-state index contributed by atoms with van der Waals surface area (Å²) in [7, 11) is 0. The number of ether oxygens (including phenoxy) is 1. The third kappa shape index (κ3) is 4.31. The van der Waals surface area contributed by atoms with Gasteiger partial charge >= 0.3 is 5.97 Å². The van der Waals surface area contributed by atoms with Crippen molar-refractivity contribution in [3.63, 3.8) is 0 Å². The van der Waals surface area contributed by atoms with Crippen LogP contribution in [0.3, 0.4) is 0 Å². The zero-order valence-electron chi connectivity index (χ0n) is 17.1. The van der Waals surface area contributed by atoms with Gasteiger partial charge in [0.2, 0.25) is 0 Å². The molecule has 1 heterocycles. The van der Waals surface area contributed by atoms with Gasteiger partial charge in [0.25, 0.3) is 0 Å². The van der Waals surface area contributed by atoms with Gasteiger partial charge in [0.05, 0.1) is 11.1 Å². The summed E-state index contributed by atoms with van der Waals surface area (Å²) in [5.41, 5.74) is 4.16. The summed E-state index contributed by atoms with van der Waals surface area (Å²) in [4.78, 5) is 17.1. The van der Waals surface area contributed by atoms with Crippen LogP contribution < -0.4 is 4.74 Å². The lowest BCUT2D eigenvalue weighted by Gasteiger charge is -2.09. The number of fused-ring (bicyclic) bond motifs is 1. The molecule has 0 saturated heterocycles. The van der Waals surface area contributed by atoms with Crippen molar-refractivity contribution < 1.29 is 19.0 Å². The van der Waals surface area contributed by atoms with Gasteiger partial charge in [0, 0.05) is 11.6 Å². The Labute approximate surface area is 179 Å². The third-order valence-electron chi connectivity index (χ3n) is 5.00. The van der Waals surface area contributed by atoms with E-state index in [0.29, 0.717) is 5.52 Å². The molecule has 0 aliphatic heterocycles. The summed E-state index contributed by atoms with van der Waals surface area (Å²) in [6, 6.07) is 16.6. The SMILES string of the molecule is Cc1cc(/C=C/c2cc(C(=O)Oc3ccccc3F)cc3ncccc23)cc(C)c1O. The number of rotatable bonds is 4. The Bertz CT molecular complexity index is 1300. The Morgan fingerprint density at radius 1 is 1.00 bits per heavy atom. The van der Waals surface area contributed by atoms with Crippen LogP contribution in [0.25, 0.3) is 23.1 Å². The number of para-hydroxylation sites is 1. The largest absolute Gasteiger partial charge is 0.507 e. The first kappa shape index (κ1) is 20.3. The van der Waals surface area contributed by atoms with Crippen molar-refractivity contribution in [1.29, 1.82) is 0 Å². The van der Waals surface area contributed by atoms with Crippen molar-refractivity contribution in [3.05, 3.63) is 100 Å². The maximum absolute atomic E-state index is 13.9. The molecule has 0 aliphatic carbocycles. The minimum atomic E-state index is -0.663. The predicted octanol–water partition coefficient (Wildman–Crippen LogP) is 6.09. The number of nitrogens with zero attached hydrogens (tertiary/aromatic N) is 1. The Morgan fingerprint density at radius 2 is 1.74 bits per heavy atom. The average molecular weight is 413 g/mol. The summed E-state index contributed by atoms with van der Waals surface area (Å²) in [5, 5.41) is 10.9. The lowest BCUT2D eigenvalue weighted by molar-refractivity contribution is 0.0728. The number of halogens is 1. The molecule has 154 valence electrons. The quantitative estimate of drug-likeness (QED) is 0.250. The third-order valence-corrected chi connectivity index (χ3v) is 5.00. The van der Waals surface area contributed by atoms with E-state index < -0.39 is 11.8 Å². The van der Waals surface area contributed by atoms with E-state index in [1.54, 1.807) is 24.4 Å². The summed E-state index contributed by atoms with van der Waals surface area (Å²) in [6.07, 6.45) is 5.44. The number of aromatic nitrogens is 1. The van der Waals surface area contributed by atoms with Crippen LogP contribution in [0.2, 0.25) is 0 Å². The highest BCUT2D eigenvalue weighted by molar-refractivity contribution is 5.99. The van der Waals surface area contributed by atoms with E-state index in [0.717, 1.165) is 27.6 Å². The number of aromatic hydroxyl groups is 1. The fourth-order valence-corrected chi connectivity index (χ4v) is 3.42. The van der Waals surface area contributed by atoms with Gasteiger partial charge in [-0.05, 0) is 78.6 Å². The Kier molecular flexibility index (Phi) is 5.50. The minimum absolute atomic E-state index is 0.124. The van der Waals surface area contributed by atoms with Gasteiger partial charge in [-0.2, -0.15) is 0 Å². The van der Waals surface area contributed by atoms with Crippen molar-refractivity contribution in [2.75, 3.05) is 0 Å². The van der Waals surface area contributed by atoms with Crippen LogP contribution in [0.1, 0.15) is 32.6 Å². The molecule has 0 unspecified atom stereocenters. The van der Waals surface area contributed by atoms with Crippen LogP contribution in [0.15, 0.2) is 66.9 Å². The van der Waals surface area contributed by atoms with Crippen LogP contribution in [0.4, 0.5) is 4.39 Å². The molecule has 31 heavy (non-hydrogen) atoms. The summed E-state index contributed by atoms with van der Waals surface area (Å²) >= 11 is 0. The van der Waals surface area contributed by atoms with E-state index in [9.17, 15) is 14.3 Å². The van der Waals surface area contributed by atoms with E-state index in [1.807, 2.05) is 50.3 Å². The number of esters is 1. The standard InChI is InChI=1S/C26H20FNO3/c1-16-12-18(13-17(2)25(16)29)9-10-19-14-20(15-23-21(19)6-5-11-28-23)26(30)31-24-8-4-3-7-22(24)27/h3-15,29H,1-2H3/b10-9+. The number of pyridine rings is 1.